The fourth-order valence-corrected chi connectivity index (χ4v) is 2.96. The van der Waals surface area contributed by atoms with Crippen LogP contribution < -0.4 is 5.73 Å². The van der Waals surface area contributed by atoms with Gasteiger partial charge in [0.25, 0.3) is 5.89 Å². The van der Waals surface area contributed by atoms with Gasteiger partial charge < -0.3 is 15.0 Å². The van der Waals surface area contributed by atoms with Crippen LogP contribution in [0.2, 0.25) is 0 Å². The van der Waals surface area contributed by atoms with Crippen LogP contribution in [0, 0.1) is 5.92 Å². The predicted octanol–water partition coefficient (Wildman–Crippen LogP) is 3.37. The minimum atomic E-state index is -0.419. The van der Waals surface area contributed by atoms with Crippen molar-refractivity contribution >= 4 is 5.69 Å². The first-order valence-electron chi connectivity index (χ1n) is 7.39. The van der Waals surface area contributed by atoms with Gasteiger partial charge in [0.1, 0.15) is 5.60 Å². The normalized spacial score (nSPS) is 25.9. The molecule has 0 amide bonds. The second-order valence-electron chi connectivity index (χ2n) is 5.89. The van der Waals surface area contributed by atoms with E-state index in [4.69, 9.17) is 15.0 Å². The number of nitrogens with two attached hydrogens (primary N) is 1. The zero-order valence-corrected chi connectivity index (χ0v) is 12.5. The Bertz CT molecular complexity index is 615. The molecule has 5 nitrogen and oxygen atoms in total. The molecule has 1 aromatic heterocycles. The molecular weight excluding hydrogens is 266 g/mol. The van der Waals surface area contributed by atoms with Gasteiger partial charge in [-0.05, 0) is 43.7 Å². The Morgan fingerprint density at radius 2 is 2.00 bits per heavy atom. The lowest BCUT2D eigenvalue weighted by atomic mass is 9.79. The largest absolute Gasteiger partial charge is 0.398 e. The number of nitrogens with zero attached hydrogens (tertiary/aromatic N) is 2. The first-order chi connectivity index (χ1) is 10.1. The summed E-state index contributed by atoms with van der Waals surface area (Å²) in [4.78, 5) is 4.55. The highest BCUT2D eigenvalue weighted by Crippen LogP contribution is 2.41. The molecular formula is C16H21N3O2. The van der Waals surface area contributed by atoms with Gasteiger partial charge in [-0.1, -0.05) is 24.2 Å². The van der Waals surface area contributed by atoms with Crippen LogP contribution in [0.3, 0.4) is 0 Å². The summed E-state index contributed by atoms with van der Waals surface area (Å²) in [6.07, 6.45) is 4.08. The molecule has 0 aliphatic heterocycles. The molecule has 0 spiro atoms. The van der Waals surface area contributed by atoms with Gasteiger partial charge in [0.15, 0.2) is 0 Å². The molecule has 0 unspecified atom stereocenters. The molecule has 5 heteroatoms. The van der Waals surface area contributed by atoms with Gasteiger partial charge in [-0.3, -0.25) is 0 Å². The summed E-state index contributed by atoms with van der Waals surface area (Å²) >= 11 is 0. The first-order valence-corrected chi connectivity index (χ1v) is 7.39. The summed E-state index contributed by atoms with van der Waals surface area (Å²) in [6.45, 7) is 2.27. The smallest absolute Gasteiger partial charge is 0.260 e. The van der Waals surface area contributed by atoms with E-state index in [9.17, 15) is 0 Å². The Kier molecular flexibility index (Phi) is 3.68. The number of hydrogen-bond donors (Lipinski definition) is 1. The van der Waals surface area contributed by atoms with Gasteiger partial charge in [-0.15, -0.1) is 0 Å². The van der Waals surface area contributed by atoms with E-state index in [-0.39, 0.29) is 0 Å². The average Bonchev–Trinajstić information content (AvgIpc) is 2.99. The molecule has 0 bridgehead atoms. The molecule has 0 atom stereocenters. The van der Waals surface area contributed by atoms with E-state index in [1.165, 1.54) is 0 Å². The van der Waals surface area contributed by atoms with Gasteiger partial charge in [-0.25, -0.2) is 0 Å². The fourth-order valence-electron chi connectivity index (χ4n) is 2.96. The molecule has 112 valence electrons. The number of ether oxygens (including phenoxy) is 1. The molecule has 0 saturated heterocycles. The van der Waals surface area contributed by atoms with E-state index in [0.717, 1.165) is 37.2 Å². The molecule has 1 saturated carbocycles. The van der Waals surface area contributed by atoms with Crippen molar-refractivity contribution in [3.8, 4) is 11.5 Å². The van der Waals surface area contributed by atoms with Crippen molar-refractivity contribution in [3.63, 3.8) is 0 Å². The number of hydrogen-bond acceptors (Lipinski definition) is 5. The number of para-hydroxylation sites is 1. The summed E-state index contributed by atoms with van der Waals surface area (Å²) in [6, 6.07) is 7.50. The standard InChI is InChI=1S/C16H21N3O2/c1-11-7-9-16(20-2,10-8-11)15-18-14(21-19-15)12-5-3-4-6-13(12)17/h3-6,11H,7-10,17H2,1-2H3. The Morgan fingerprint density at radius 3 is 2.67 bits per heavy atom. The van der Waals surface area contributed by atoms with E-state index in [2.05, 4.69) is 17.1 Å². The van der Waals surface area contributed by atoms with Gasteiger partial charge in [0.2, 0.25) is 5.82 Å². The van der Waals surface area contributed by atoms with Crippen LogP contribution in [0.5, 0.6) is 0 Å². The summed E-state index contributed by atoms with van der Waals surface area (Å²) in [7, 11) is 1.73. The third kappa shape index (κ3) is 2.53. The van der Waals surface area contributed by atoms with Crippen LogP contribution in [-0.4, -0.2) is 17.3 Å². The predicted molar refractivity (Wildman–Crippen MR) is 80.5 cm³/mol. The summed E-state index contributed by atoms with van der Waals surface area (Å²) in [5.74, 6) is 1.82. The van der Waals surface area contributed by atoms with Crippen LogP contribution >= 0.6 is 0 Å². The molecule has 1 aliphatic carbocycles. The molecule has 1 aromatic carbocycles. The Labute approximate surface area is 124 Å². The van der Waals surface area contributed by atoms with E-state index < -0.39 is 5.60 Å². The monoisotopic (exact) mass is 287 g/mol. The van der Waals surface area contributed by atoms with Gasteiger partial charge in [-0.2, -0.15) is 4.98 Å². The summed E-state index contributed by atoms with van der Waals surface area (Å²) < 4.78 is 11.2. The van der Waals surface area contributed by atoms with Crippen LogP contribution in [0.25, 0.3) is 11.5 Å². The van der Waals surface area contributed by atoms with Crippen molar-refractivity contribution < 1.29 is 9.26 Å². The number of benzene rings is 1. The Hall–Kier alpha value is -1.88. The van der Waals surface area contributed by atoms with E-state index in [1.54, 1.807) is 7.11 Å². The number of anilines is 1. The van der Waals surface area contributed by atoms with Crippen molar-refractivity contribution in [3.05, 3.63) is 30.1 Å². The molecule has 1 heterocycles. The number of rotatable bonds is 3. The Morgan fingerprint density at radius 1 is 1.29 bits per heavy atom. The van der Waals surface area contributed by atoms with E-state index in [1.807, 2.05) is 24.3 Å². The zero-order valence-electron chi connectivity index (χ0n) is 12.5. The fraction of sp³-hybridized carbons (Fsp3) is 0.500. The third-order valence-electron chi connectivity index (χ3n) is 4.50. The van der Waals surface area contributed by atoms with Gasteiger partial charge in [0, 0.05) is 12.8 Å². The van der Waals surface area contributed by atoms with E-state index >= 15 is 0 Å². The van der Waals surface area contributed by atoms with Crippen molar-refractivity contribution in [1.29, 1.82) is 0 Å². The zero-order chi connectivity index (χ0) is 14.9. The minimum Gasteiger partial charge on any atom is -0.398 e. The highest BCUT2D eigenvalue weighted by molar-refractivity contribution is 5.69. The highest BCUT2D eigenvalue weighted by atomic mass is 16.5. The van der Waals surface area contributed by atoms with Crippen molar-refractivity contribution in [2.45, 2.75) is 38.2 Å². The maximum absolute atomic E-state index is 5.96. The number of nitrogen functional groups attached to an aromatic ring is 1. The third-order valence-corrected chi connectivity index (χ3v) is 4.50. The van der Waals surface area contributed by atoms with Crippen molar-refractivity contribution in [2.24, 2.45) is 5.92 Å². The average molecular weight is 287 g/mol. The van der Waals surface area contributed by atoms with Crippen LogP contribution in [0.1, 0.15) is 38.4 Å². The van der Waals surface area contributed by atoms with Crippen LogP contribution in [0.4, 0.5) is 5.69 Å². The number of aromatic nitrogens is 2. The molecule has 2 N–H and O–H groups in total. The SMILES string of the molecule is COC1(c2noc(-c3ccccc3N)n2)CCC(C)CC1. The second-order valence-corrected chi connectivity index (χ2v) is 5.89. The number of methoxy groups -OCH3 is 1. The van der Waals surface area contributed by atoms with Gasteiger partial charge in [0.05, 0.1) is 5.56 Å². The summed E-state index contributed by atoms with van der Waals surface area (Å²) in [5, 5.41) is 4.16. The lowest BCUT2D eigenvalue weighted by Crippen LogP contribution is -2.34. The molecule has 3 rings (SSSR count). The van der Waals surface area contributed by atoms with Crippen LogP contribution in [0.15, 0.2) is 28.8 Å². The molecule has 1 fully saturated rings. The molecule has 2 aromatic rings. The second kappa shape index (κ2) is 5.48. The van der Waals surface area contributed by atoms with E-state index in [0.29, 0.717) is 17.4 Å². The maximum atomic E-state index is 5.96. The molecule has 21 heavy (non-hydrogen) atoms. The first kappa shape index (κ1) is 14.1. The minimum absolute atomic E-state index is 0.419. The van der Waals surface area contributed by atoms with Crippen molar-refractivity contribution in [1.82, 2.24) is 10.1 Å². The van der Waals surface area contributed by atoms with Crippen LogP contribution in [-0.2, 0) is 10.3 Å². The van der Waals surface area contributed by atoms with Crippen molar-refractivity contribution in [2.75, 3.05) is 12.8 Å². The quantitative estimate of drug-likeness (QED) is 0.876. The lowest BCUT2D eigenvalue weighted by Gasteiger charge is -2.35. The van der Waals surface area contributed by atoms with Gasteiger partial charge >= 0.3 is 0 Å². The summed E-state index contributed by atoms with van der Waals surface area (Å²) in [5.41, 5.74) is 6.95. The highest BCUT2D eigenvalue weighted by Gasteiger charge is 2.40. The maximum Gasteiger partial charge on any atom is 0.260 e. The lowest BCUT2D eigenvalue weighted by molar-refractivity contribution is -0.0609. The topological polar surface area (TPSA) is 74.2 Å². The molecule has 1 aliphatic rings. The Balaban J connectivity index is 1.92. The molecule has 0 radical (unpaired) electrons.